The minimum absolute atomic E-state index is 0.191. The fourth-order valence-electron chi connectivity index (χ4n) is 4.25. The van der Waals surface area contributed by atoms with Gasteiger partial charge in [0.25, 0.3) is 0 Å². The lowest BCUT2D eigenvalue weighted by Gasteiger charge is -2.11. The largest absolute Gasteiger partial charge is 0.463 e. The Bertz CT molecular complexity index is 1120. The Morgan fingerprint density at radius 3 is 0.827 bits per heavy atom. The molecule has 0 aliphatic heterocycles. The van der Waals surface area contributed by atoms with Gasteiger partial charge in [-0.3, -0.25) is 9.59 Å². The number of rotatable bonds is 32. The Labute approximate surface area is 317 Å². The summed E-state index contributed by atoms with van der Waals surface area (Å²) in [5, 5.41) is 9.99. The summed E-state index contributed by atoms with van der Waals surface area (Å²) < 4.78 is 10.2. The molecule has 286 valence electrons. The number of hydrogen-bond acceptors (Lipinski definition) is 5. The van der Waals surface area contributed by atoms with Crippen LogP contribution in [0.3, 0.4) is 0 Å². The molecule has 0 amide bonds. The van der Waals surface area contributed by atoms with Gasteiger partial charge in [0.1, 0.15) is 19.3 Å². The van der Waals surface area contributed by atoms with Crippen molar-refractivity contribution >= 4 is 11.9 Å². The maximum Gasteiger partial charge on any atom is 0.306 e. The van der Waals surface area contributed by atoms with E-state index >= 15 is 0 Å². The van der Waals surface area contributed by atoms with E-state index in [9.17, 15) is 14.7 Å². The van der Waals surface area contributed by atoms with Crippen LogP contribution in [0.2, 0.25) is 0 Å². The minimum Gasteiger partial charge on any atom is -0.463 e. The van der Waals surface area contributed by atoms with E-state index in [2.05, 4.69) is 135 Å². The zero-order valence-electron chi connectivity index (χ0n) is 32.2. The standard InChI is InChI=1S/C47H68O5/c1-3-5-7-9-11-13-15-17-19-21-23-25-27-29-31-33-35-37-39-41-46(49)51-43-45(48)44-52-47(50)42-40-38-36-34-32-30-28-26-24-22-20-18-16-14-12-10-8-6-4-2/h5-8,11-14,17-20,23-26,29-32,35-38,45,48H,3-4,9-10,15-16,21-22,27-28,33-34,39-44H2,1-2H3. The molecule has 0 saturated heterocycles. The van der Waals surface area contributed by atoms with Crippen LogP contribution in [-0.2, 0) is 19.1 Å². The van der Waals surface area contributed by atoms with Crippen LogP contribution >= 0.6 is 0 Å². The SMILES string of the molecule is CCC=CCC=CCC=CCC=CCC=CCC=CCCC(=O)OCC(O)COC(=O)CCC=CCC=CCC=CCC=CCC=CCC=CCC. The van der Waals surface area contributed by atoms with Crippen LogP contribution in [0.25, 0.3) is 0 Å². The molecule has 0 atom stereocenters. The monoisotopic (exact) mass is 713 g/mol. The molecule has 0 fully saturated rings. The Morgan fingerprint density at radius 1 is 0.385 bits per heavy atom. The maximum absolute atomic E-state index is 11.9. The predicted octanol–water partition coefficient (Wildman–Crippen LogP) is 12.4. The number of esters is 2. The lowest BCUT2D eigenvalue weighted by molar-refractivity contribution is -0.152. The van der Waals surface area contributed by atoms with Crippen molar-refractivity contribution < 1.29 is 24.2 Å². The smallest absolute Gasteiger partial charge is 0.306 e. The molecule has 0 radical (unpaired) electrons. The third-order valence-corrected chi connectivity index (χ3v) is 7.10. The molecule has 0 rings (SSSR count). The van der Waals surface area contributed by atoms with Crippen molar-refractivity contribution in [3.8, 4) is 0 Å². The molecule has 0 unspecified atom stereocenters. The Morgan fingerprint density at radius 2 is 0.596 bits per heavy atom. The second-order valence-corrected chi connectivity index (χ2v) is 11.9. The highest BCUT2D eigenvalue weighted by atomic mass is 16.6. The number of hydrogen-bond donors (Lipinski definition) is 1. The highest BCUT2D eigenvalue weighted by Crippen LogP contribution is 2.02. The number of aliphatic hydroxyl groups is 1. The van der Waals surface area contributed by atoms with Crippen molar-refractivity contribution in [3.63, 3.8) is 0 Å². The minimum atomic E-state index is -1.04. The first-order valence-electron chi connectivity index (χ1n) is 19.4. The predicted molar refractivity (Wildman–Crippen MR) is 223 cm³/mol. The Balaban J connectivity index is 3.75. The Hall–Kier alpha value is -4.22. The summed E-state index contributed by atoms with van der Waals surface area (Å²) in [7, 11) is 0. The van der Waals surface area contributed by atoms with Gasteiger partial charge in [0.05, 0.1) is 0 Å². The molecule has 0 bridgehead atoms. The van der Waals surface area contributed by atoms with Crippen molar-refractivity contribution in [3.05, 3.63) is 146 Å². The zero-order chi connectivity index (χ0) is 37.8. The quantitative estimate of drug-likeness (QED) is 0.0555. The van der Waals surface area contributed by atoms with Crippen LogP contribution in [0.15, 0.2) is 146 Å². The molecule has 0 aliphatic carbocycles. The van der Waals surface area contributed by atoms with Gasteiger partial charge in [-0.15, -0.1) is 0 Å². The molecule has 0 aliphatic rings. The van der Waals surface area contributed by atoms with Gasteiger partial charge in [0.15, 0.2) is 0 Å². The normalized spacial score (nSPS) is 13.8. The van der Waals surface area contributed by atoms with Gasteiger partial charge >= 0.3 is 11.9 Å². The van der Waals surface area contributed by atoms with Gasteiger partial charge in [-0.25, -0.2) is 0 Å². The molecule has 5 nitrogen and oxygen atoms in total. The molecular formula is C47H68O5. The highest BCUT2D eigenvalue weighted by molar-refractivity contribution is 5.70. The number of aliphatic hydroxyl groups excluding tert-OH is 1. The van der Waals surface area contributed by atoms with E-state index in [4.69, 9.17) is 9.47 Å². The molecular weight excluding hydrogens is 645 g/mol. The van der Waals surface area contributed by atoms with E-state index in [0.29, 0.717) is 12.8 Å². The average molecular weight is 713 g/mol. The van der Waals surface area contributed by atoms with Gasteiger partial charge in [0, 0.05) is 12.8 Å². The fraction of sp³-hybridized carbons (Fsp3) is 0.447. The van der Waals surface area contributed by atoms with Crippen molar-refractivity contribution in [2.75, 3.05) is 13.2 Å². The lowest BCUT2D eigenvalue weighted by Crippen LogP contribution is -2.25. The maximum atomic E-state index is 11.9. The van der Waals surface area contributed by atoms with E-state index in [-0.39, 0.29) is 38.0 Å². The molecule has 0 saturated carbocycles. The Kier molecular flexibility index (Phi) is 37.9. The molecule has 0 spiro atoms. The molecule has 52 heavy (non-hydrogen) atoms. The summed E-state index contributed by atoms with van der Waals surface area (Å²) in [6, 6.07) is 0. The fourth-order valence-corrected chi connectivity index (χ4v) is 4.25. The molecule has 1 N–H and O–H groups in total. The molecule has 0 aromatic rings. The van der Waals surface area contributed by atoms with Gasteiger partial charge in [-0.05, 0) is 89.9 Å². The molecule has 5 heteroatoms. The van der Waals surface area contributed by atoms with E-state index in [0.717, 1.165) is 77.0 Å². The average Bonchev–Trinajstić information content (AvgIpc) is 3.15. The van der Waals surface area contributed by atoms with Crippen LogP contribution in [0.4, 0.5) is 0 Å². The topological polar surface area (TPSA) is 72.8 Å². The van der Waals surface area contributed by atoms with Gasteiger partial charge < -0.3 is 14.6 Å². The van der Waals surface area contributed by atoms with Gasteiger partial charge in [-0.2, -0.15) is 0 Å². The third kappa shape index (κ3) is 40.2. The number of ether oxygens (including phenoxy) is 2. The van der Waals surface area contributed by atoms with Crippen LogP contribution in [0.5, 0.6) is 0 Å². The van der Waals surface area contributed by atoms with Crippen molar-refractivity contribution in [2.45, 2.75) is 123 Å². The summed E-state index contributed by atoms with van der Waals surface area (Å²) >= 11 is 0. The first-order valence-corrected chi connectivity index (χ1v) is 19.4. The van der Waals surface area contributed by atoms with E-state index < -0.39 is 6.10 Å². The van der Waals surface area contributed by atoms with Crippen LogP contribution < -0.4 is 0 Å². The molecule has 0 aromatic carbocycles. The van der Waals surface area contributed by atoms with Crippen LogP contribution in [0, 0.1) is 0 Å². The van der Waals surface area contributed by atoms with E-state index in [1.807, 2.05) is 24.3 Å². The van der Waals surface area contributed by atoms with Gasteiger partial charge in [0.2, 0.25) is 0 Å². The number of carbonyl (C=O) groups is 2. The van der Waals surface area contributed by atoms with Crippen molar-refractivity contribution in [1.29, 1.82) is 0 Å². The first kappa shape index (κ1) is 47.8. The highest BCUT2D eigenvalue weighted by Gasteiger charge is 2.11. The first-order chi connectivity index (χ1) is 25.6. The lowest BCUT2D eigenvalue weighted by atomic mass is 10.2. The second kappa shape index (κ2) is 41.2. The number of allylic oxidation sites excluding steroid dienone is 24. The summed E-state index contributed by atoms with van der Waals surface area (Å²) in [5.74, 6) is -0.773. The van der Waals surface area contributed by atoms with Crippen LogP contribution in [0.1, 0.15) is 117 Å². The summed E-state index contributed by atoms with van der Waals surface area (Å²) in [6.45, 7) is 3.91. The zero-order valence-corrected chi connectivity index (χ0v) is 32.2. The third-order valence-electron chi connectivity index (χ3n) is 7.10. The van der Waals surface area contributed by atoms with Gasteiger partial charge in [-0.1, -0.05) is 160 Å². The van der Waals surface area contributed by atoms with Crippen molar-refractivity contribution in [2.24, 2.45) is 0 Å². The second-order valence-electron chi connectivity index (χ2n) is 11.9. The van der Waals surface area contributed by atoms with E-state index in [1.54, 1.807) is 0 Å². The molecule has 0 aromatic heterocycles. The summed E-state index contributed by atoms with van der Waals surface area (Å²) in [4.78, 5) is 23.9. The summed E-state index contributed by atoms with van der Waals surface area (Å²) in [6.07, 6.45) is 63.5. The van der Waals surface area contributed by atoms with Crippen LogP contribution in [-0.4, -0.2) is 36.4 Å². The summed E-state index contributed by atoms with van der Waals surface area (Å²) in [5.41, 5.74) is 0. The van der Waals surface area contributed by atoms with Crippen molar-refractivity contribution in [1.82, 2.24) is 0 Å². The molecule has 0 heterocycles. The van der Waals surface area contributed by atoms with E-state index in [1.165, 1.54) is 0 Å². The number of carbonyl (C=O) groups excluding carboxylic acids is 2.